The molecule has 0 bridgehead atoms. The van der Waals surface area contributed by atoms with Crippen molar-refractivity contribution in [1.29, 1.82) is 0 Å². The van der Waals surface area contributed by atoms with Crippen molar-refractivity contribution in [3.05, 3.63) is 17.7 Å². The zero-order valence-electron chi connectivity index (χ0n) is 18.1. The Hall–Kier alpha value is -2.52. The van der Waals surface area contributed by atoms with Crippen molar-refractivity contribution in [2.45, 2.75) is 38.7 Å². The maximum atomic E-state index is 12.9. The van der Waals surface area contributed by atoms with Crippen LogP contribution in [0.2, 0.25) is 0 Å². The van der Waals surface area contributed by atoms with Gasteiger partial charge in [0.15, 0.2) is 11.5 Å². The molecule has 2 aliphatic rings. The Morgan fingerprint density at radius 1 is 1.29 bits per heavy atom. The van der Waals surface area contributed by atoms with Crippen molar-refractivity contribution in [1.82, 2.24) is 10.2 Å². The monoisotopic (exact) mass is 435 g/mol. The molecule has 0 spiro atoms. The number of nitrogens with two attached hydrogens (primary N) is 1. The van der Waals surface area contributed by atoms with Gasteiger partial charge in [-0.1, -0.05) is 0 Å². The van der Waals surface area contributed by atoms with Gasteiger partial charge in [0, 0.05) is 31.8 Å². The molecule has 3 rings (SSSR count). The second-order valence-electron chi connectivity index (χ2n) is 7.95. The quantitative estimate of drug-likeness (QED) is 0.527. The van der Waals surface area contributed by atoms with Crippen LogP contribution in [0.1, 0.15) is 43.0 Å². The number of piperidine rings is 1. The van der Waals surface area contributed by atoms with Gasteiger partial charge in [-0.25, -0.2) is 0 Å². The van der Waals surface area contributed by atoms with E-state index in [9.17, 15) is 14.7 Å². The van der Waals surface area contributed by atoms with Gasteiger partial charge in [-0.15, -0.1) is 0 Å². The van der Waals surface area contributed by atoms with Crippen LogP contribution in [0.5, 0.6) is 17.2 Å². The Kier molecular flexibility index (Phi) is 8.36. The summed E-state index contributed by atoms with van der Waals surface area (Å²) in [7, 11) is 0. The lowest BCUT2D eigenvalue weighted by molar-refractivity contribution is -0.118. The number of benzene rings is 1. The molecule has 2 atom stereocenters. The molecule has 2 heterocycles. The van der Waals surface area contributed by atoms with Crippen LogP contribution < -0.4 is 25.3 Å². The Bertz CT molecular complexity index is 772. The summed E-state index contributed by atoms with van der Waals surface area (Å²) < 4.78 is 17.2. The molecule has 0 aliphatic carbocycles. The van der Waals surface area contributed by atoms with Crippen molar-refractivity contribution in [2.75, 3.05) is 46.0 Å². The third kappa shape index (κ3) is 6.24. The van der Waals surface area contributed by atoms with E-state index < -0.39 is 6.10 Å². The van der Waals surface area contributed by atoms with Crippen LogP contribution in [0.15, 0.2) is 12.1 Å². The van der Waals surface area contributed by atoms with Crippen molar-refractivity contribution in [2.24, 2.45) is 11.7 Å². The minimum absolute atomic E-state index is 0.0326. The van der Waals surface area contributed by atoms with Crippen LogP contribution >= 0.6 is 0 Å². The second kappa shape index (κ2) is 11.2. The summed E-state index contributed by atoms with van der Waals surface area (Å²) in [4.78, 5) is 25.9. The van der Waals surface area contributed by atoms with Gasteiger partial charge in [0.25, 0.3) is 5.91 Å². The zero-order valence-corrected chi connectivity index (χ0v) is 18.1. The minimum Gasteiger partial charge on any atom is -0.490 e. The van der Waals surface area contributed by atoms with Gasteiger partial charge in [0.2, 0.25) is 11.7 Å². The van der Waals surface area contributed by atoms with Gasteiger partial charge in [-0.2, -0.15) is 0 Å². The Morgan fingerprint density at radius 2 is 2.06 bits per heavy atom. The number of hydrogen-bond donors (Lipinski definition) is 3. The van der Waals surface area contributed by atoms with E-state index in [1.165, 1.54) is 0 Å². The highest BCUT2D eigenvalue weighted by atomic mass is 16.5. The van der Waals surface area contributed by atoms with Crippen LogP contribution in [0.4, 0.5) is 0 Å². The standard InChI is InChI=1S/C22H33N3O6/c1-2-29-18-7-6-16(20-21(18)31-12-4-11-30-20)22(28)24-13-15-8-10-25(14-17(15)26)9-3-5-19(23)27/h6-7,15,17,26H,2-5,8-14H2,1H3,(H2,23,27)(H,24,28)/t15-,17+/m0/s1. The maximum absolute atomic E-state index is 12.9. The topological polar surface area (TPSA) is 123 Å². The molecule has 2 aliphatic heterocycles. The Labute approximate surface area is 182 Å². The number of nitrogens with one attached hydrogen (secondary N) is 1. The van der Waals surface area contributed by atoms with Gasteiger partial charge in [-0.05, 0) is 45.0 Å². The number of rotatable bonds is 9. The number of amides is 2. The highest BCUT2D eigenvalue weighted by molar-refractivity contribution is 5.98. The van der Waals surface area contributed by atoms with Gasteiger partial charge < -0.3 is 35.3 Å². The lowest BCUT2D eigenvalue weighted by Gasteiger charge is -2.36. The fourth-order valence-corrected chi connectivity index (χ4v) is 3.96. The molecule has 172 valence electrons. The van der Waals surface area contributed by atoms with E-state index in [0.717, 1.165) is 25.9 Å². The first-order valence-corrected chi connectivity index (χ1v) is 11.0. The summed E-state index contributed by atoms with van der Waals surface area (Å²) in [6, 6.07) is 3.41. The van der Waals surface area contributed by atoms with Crippen molar-refractivity contribution >= 4 is 11.8 Å². The molecule has 1 saturated heterocycles. The molecular formula is C22H33N3O6. The molecule has 0 radical (unpaired) electrons. The number of aliphatic hydroxyl groups is 1. The van der Waals surface area contributed by atoms with Crippen LogP contribution in [0, 0.1) is 5.92 Å². The molecule has 4 N–H and O–H groups in total. The van der Waals surface area contributed by atoms with E-state index in [-0.39, 0.29) is 17.7 Å². The molecule has 9 heteroatoms. The number of aliphatic hydroxyl groups excluding tert-OH is 1. The summed E-state index contributed by atoms with van der Waals surface area (Å²) in [6.45, 7) is 5.78. The number of primary amides is 1. The molecule has 1 aromatic rings. The SMILES string of the molecule is CCOc1ccc(C(=O)NC[C@@H]2CCN(CCCC(N)=O)C[C@H]2O)c2c1OCCCO2. The number of nitrogens with zero attached hydrogens (tertiary/aromatic N) is 1. The largest absolute Gasteiger partial charge is 0.490 e. The lowest BCUT2D eigenvalue weighted by Crippen LogP contribution is -2.47. The summed E-state index contributed by atoms with van der Waals surface area (Å²) in [5, 5.41) is 13.4. The molecule has 0 saturated carbocycles. The van der Waals surface area contributed by atoms with Crippen molar-refractivity contribution in [3.63, 3.8) is 0 Å². The first-order chi connectivity index (χ1) is 15.0. The van der Waals surface area contributed by atoms with Crippen molar-refractivity contribution < 1.29 is 28.9 Å². The highest BCUT2D eigenvalue weighted by Gasteiger charge is 2.29. The Morgan fingerprint density at radius 3 is 2.77 bits per heavy atom. The summed E-state index contributed by atoms with van der Waals surface area (Å²) in [5.74, 6) is 0.840. The first kappa shape index (κ1) is 23.1. The van der Waals surface area contributed by atoms with E-state index >= 15 is 0 Å². The summed E-state index contributed by atoms with van der Waals surface area (Å²) in [5.41, 5.74) is 5.58. The number of β-amino-alcohol motifs (C(OH)–C–C–N with tert-alkyl or cyclic N) is 1. The van der Waals surface area contributed by atoms with Gasteiger partial charge in [0.05, 0.1) is 31.5 Å². The predicted octanol–water partition coefficient (Wildman–Crippen LogP) is 0.925. The third-order valence-corrected chi connectivity index (χ3v) is 5.63. The summed E-state index contributed by atoms with van der Waals surface area (Å²) in [6.07, 6.45) is 1.99. The van der Waals surface area contributed by atoms with E-state index in [1.54, 1.807) is 12.1 Å². The number of hydrogen-bond acceptors (Lipinski definition) is 7. The Balaban J connectivity index is 1.57. The second-order valence-corrected chi connectivity index (χ2v) is 7.95. The van der Waals surface area contributed by atoms with Crippen molar-refractivity contribution in [3.8, 4) is 17.2 Å². The van der Waals surface area contributed by atoms with E-state index in [2.05, 4.69) is 10.2 Å². The number of carbonyl (C=O) groups excluding carboxylic acids is 2. The van der Waals surface area contributed by atoms with E-state index in [1.807, 2.05) is 6.92 Å². The summed E-state index contributed by atoms with van der Waals surface area (Å²) >= 11 is 0. The number of carbonyl (C=O) groups is 2. The molecular weight excluding hydrogens is 402 g/mol. The fraction of sp³-hybridized carbons (Fsp3) is 0.636. The number of likely N-dealkylation sites (tertiary alicyclic amines) is 1. The van der Waals surface area contributed by atoms with E-state index in [0.29, 0.717) is 68.6 Å². The molecule has 1 aromatic carbocycles. The van der Waals surface area contributed by atoms with Crippen LogP contribution in [0.25, 0.3) is 0 Å². The minimum atomic E-state index is -0.542. The molecule has 0 aromatic heterocycles. The molecule has 9 nitrogen and oxygen atoms in total. The van der Waals surface area contributed by atoms with Gasteiger partial charge >= 0.3 is 0 Å². The average molecular weight is 436 g/mol. The van der Waals surface area contributed by atoms with Gasteiger partial charge in [-0.3, -0.25) is 9.59 Å². The first-order valence-electron chi connectivity index (χ1n) is 11.0. The van der Waals surface area contributed by atoms with Crippen LogP contribution in [-0.4, -0.2) is 73.9 Å². The predicted molar refractivity (Wildman–Crippen MR) is 115 cm³/mol. The number of ether oxygens (including phenoxy) is 3. The average Bonchev–Trinajstić information content (AvgIpc) is 2.99. The molecule has 0 unspecified atom stereocenters. The number of fused-ring (bicyclic) bond motifs is 1. The molecule has 31 heavy (non-hydrogen) atoms. The van der Waals surface area contributed by atoms with Gasteiger partial charge in [0.1, 0.15) is 0 Å². The molecule has 2 amide bonds. The smallest absolute Gasteiger partial charge is 0.255 e. The third-order valence-electron chi connectivity index (χ3n) is 5.63. The molecule has 1 fully saturated rings. The fourth-order valence-electron chi connectivity index (χ4n) is 3.96. The van der Waals surface area contributed by atoms with E-state index in [4.69, 9.17) is 19.9 Å². The van der Waals surface area contributed by atoms with Crippen LogP contribution in [-0.2, 0) is 4.79 Å². The van der Waals surface area contributed by atoms with Crippen LogP contribution in [0.3, 0.4) is 0 Å². The highest BCUT2D eigenvalue weighted by Crippen LogP contribution is 2.41. The maximum Gasteiger partial charge on any atom is 0.255 e. The zero-order chi connectivity index (χ0) is 22.2. The normalized spacial score (nSPS) is 21.2. The lowest BCUT2D eigenvalue weighted by atomic mass is 9.93.